The van der Waals surface area contributed by atoms with E-state index in [0.717, 1.165) is 28.5 Å². The average Bonchev–Trinajstić information content (AvgIpc) is 3.66. The summed E-state index contributed by atoms with van der Waals surface area (Å²) >= 11 is 1.27. The molecule has 0 aliphatic heterocycles. The van der Waals surface area contributed by atoms with Crippen LogP contribution in [0.4, 0.5) is 5.69 Å². The number of anilines is 1. The number of rotatable bonds is 13. The van der Waals surface area contributed by atoms with Crippen LogP contribution in [0.1, 0.15) is 17.1 Å². The average molecular weight is 569 g/mol. The highest BCUT2D eigenvalue weighted by Gasteiger charge is 2.16. The number of aromatic nitrogens is 3. The van der Waals surface area contributed by atoms with Crippen molar-refractivity contribution in [3.63, 3.8) is 0 Å². The van der Waals surface area contributed by atoms with Crippen LogP contribution in [0.2, 0.25) is 0 Å². The normalized spacial score (nSPS) is 11.0. The molecule has 0 aliphatic rings. The van der Waals surface area contributed by atoms with Crippen molar-refractivity contribution in [1.82, 2.24) is 20.2 Å². The minimum Gasteiger partial charge on any atom is -0.497 e. The van der Waals surface area contributed by atoms with Crippen LogP contribution in [0.25, 0.3) is 5.69 Å². The first-order chi connectivity index (χ1) is 20.2. The van der Waals surface area contributed by atoms with Crippen molar-refractivity contribution in [3.05, 3.63) is 114 Å². The van der Waals surface area contributed by atoms with E-state index in [1.54, 1.807) is 19.2 Å². The molecular weight excluding hydrogens is 540 g/mol. The molecule has 208 valence electrons. The topological polar surface area (TPSA) is 116 Å². The van der Waals surface area contributed by atoms with E-state index in [-0.39, 0.29) is 11.7 Å². The molecule has 2 aromatic heterocycles. The number of benzene rings is 3. The summed E-state index contributed by atoms with van der Waals surface area (Å²) in [4.78, 5) is 12.5. The molecule has 0 saturated heterocycles. The Morgan fingerprint density at radius 2 is 1.73 bits per heavy atom. The molecule has 2 N–H and O–H groups in total. The Hall–Kier alpha value is -5.03. The number of amides is 1. The molecule has 5 rings (SSSR count). The van der Waals surface area contributed by atoms with E-state index in [1.165, 1.54) is 18.0 Å². The molecule has 11 heteroatoms. The van der Waals surface area contributed by atoms with Gasteiger partial charge in [-0.2, -0.15) is 5.10 Å². The maximum absolute atomic E-state index is 12.5. The van der Waals surface area contributed by atoms with Gasteiger partial charge in [-0.05, 0) is 48.0 Å². The Bertz CT molecular complexity index is 1570. The summed E-state index contributed by atoms with van der Waals surface area (Å²) in [7, 11) is 1.62. The van der Waals surface area contributed by atoms with Crippen LogP contribution >= 0.6 is 11.8 Å². The van der Waals surface area contributed by atoms with Gasteiger partial charge < -0.3 is 19.2 Å². The first kappa shape index (κ1) is 27.5. The number of hydrogen-bond donors (Lipinski definition) is 2. The lowest BCUT2D eigenvalue weighted by atomic mass is 10.2. The molecule has 3 aromatic carbocycles. The van der Waals surface area contributed by atoms with Crippen LogP contribution in [0.5, 0.6) is 11.7 Å². The van der Waals surface area contributed by atoms with Crippen molar-refractivity contribution in [2.75, 3.05) is 18.2 Å². The van der Waals surface area contributed by atoms with Gasteiger partial charge in [0.25, 0.3) is 11.9 Å². The number of nitrogens with one attached hydrogen (secondary N) is 2. The van der Waals surface area contributed by atoms with Gasteiger partial charge in [0.1, 0.15) is 12.4 Å². The second-order valence-corrected chi connectivity index (χ2v) is 9.61. The molecular formula is C30H28N6O4S. The van der Waals surface area contributed by atoms with Gasteiger partial charge in [-0.1, -0.05) is 60.3 Å². The smallest absolute Gasteiger partial charge is 0.285 e. The van der Waals surface area contributed by atoms with E-state index in [2.05, 4.69) is 26.0 Å². The molecule has 2 heterocycles. The van der Waals surface area contributed by atoms with Crippen LogP contribution < -0.4 is 20.2 Å². The Balaban J connectivity index is 1.13. The van der Waals surface area contributed by atoms with Crippen molar-refractivity contribution >= 4 is 29.6 Å². The molecule has 0 radical (unpaired) electrons. The lowest BCUT2D eigenvalue weighted by molar-refractivity contribution is -0.118. The number of methoxy groups -OCH3 is 1. The van der Waals surface area contributed by atoms with Crippen LogP contribution in [0.3, 0.4) is 0 Å². The highest BCUT2D eigenvalue weighted by molar-refractivity contribution is 7.99. The SMILES string of the molecule is COc1ccc(COc2ccc(/C=N/NC(=O)CSc3nnc(CNc4ccccc4)n3-c3ccccc3)o2)cc1. The van der Waals surface area contributed by atoms with Crippen molar-refractivity contribution in [1.29, 1.82) is 0 Å². The summed E-state index contributed by atoms with van der Waals surface area (Å²) in [6.45, 7) is 0.817. The fourth-order valence-corrected chi connectivity index (χ4v) is 4.53. The molecule has 0 spiro atoms. The highest BCUT2D eigenvalue weighted by Crippen LogP contribution is 2.23. The minimum absolute atomic E-state index is 0.1000. The number of carbonyl (C=O) groups is 1. The molecule has 0 unspecified atom stereocenters. The van der Waals surface area contributed by atoms with Gasteiger partial charge in [0.05, 0.1) is 25.6 Å². The van der Waals surface area contributed by atoms with Crippen LogP contribution in [0, 0.1) is 0 Å². The first-order valence-electron chi connectivity index (χ1n) is 12.8. The fraction of sp³-hybridized carbons (Fsp3) is 0.133. The van der Waals surface area contributed by atoms with Gasteiger partial charge in [-0.15, -0.1) is 10.2 Å². The number of thioether (sulfide) groups is 1. The van der Waals surface area contributed by atoms with E-state index in [9.17, 15) is 4.79 Å². The monoisotopic (exact) mass is 568 g/mol. The molecule has 5 aromatic rings. The van der Waals surface area contributed by atoms with Crippen molar-refractivity contribution in [2.45, 2.75) is 18.3 Å². The molecule has 10 nitrogen and oxygen atoms in total. The standard InChI is InChI=1S/C30H28N6O4S/c1-38-25-14-12-22(13-15-25)20-39-29-17-16-26(40-29)18-32-34-28(37)21-41-30-35-33-27(19-31-23-8-4-2-5-9-23)36(30)24-10-6-3-7-11-24/h2-18,31H,19-21H2,1H3,(H,34,37)/b32-18+. The molecule has 0 aliphatic carbocycles. The van der Waals surface area contributed by atoms with Gasteiger partial charge >= 0.3 is 0 Å². The predicted octanol–water partition coefficient (Wildman–Crippen LogP) is 5.30. The van der Waals surface area contributed by atoms with E-state index in [4.69, 9.17) is 13.9 Å². The van der Waals surface area contributed by atoms with Gasteiger partial charge in [0.15, 0.2) is 16.7 Å². The summed E-state index contributed by atoms with van der Waals surface area (Å²) in [6.07, 6.45) is 1.42. The van der Waals surface area contributed by atoms with Crippen LogP contribution in [0.15, 0.2) is 112 Å². The van der Waals surface area contributed by atoms with Crippen molar-refractivity contribution < 1.29 is 18.7 Å². The summed E-state index contributed by atoms with van der Waals surface area (Å²) in [6, 6.07) is 30.7. The molecule has 1 amide bonds. The Morgan fingerprint density at radius 1 is 0.976 bits per heavy atom. The zero-order valence-electron chi connectivity index (χ0n) is 22.3. The summed E-state index contributed by atoms with van der Waals surface area (Å²) < 4.78 is 18.4. The Kier molecular flexibility index (Phi) is 9.30. The molecule has 0 saturated carbocycles. The van der Waals surface area contributed by atoms with Crippen LogP contribution in [-0.4, -0.2) is 39.7 Å². The van der Waals surface area contributed by atoms with Gasteiger partial charge in [0, 0.05) is 17.4 Å². The number of hydrazone groups is 1. The maximum Gasteiger partial charge on any atom is 0.285 e. The third-order valence-corrected chi connectivity index (χ3v) is 6.72. The number of carbonyl (C=O) groups excluding carboxylic acids is 1. The second kappa shape index (κ2) is 13.9. The number of nitrogens with zero attached hydrogens (tertiary/aromatic N) is 4. The maximum atomic E-state index is 12.5. The van der Waals surface area contributed by atoms with E-state index >= 15 is 0 Å². The first-order valence-corrected chi connectivity index (χ1v) is 13.8. The minimum atomic E-state index is -0.291. The third kappa shape index (κ3) is 7.76. The lowest BCUT2D eigenvalue weighted by Gasteiger charge is -2.11. The number of para-hydroxylation sites is 2. The highest BCUT2D eigenvalue weighted by atomic mass is 32.2. The third-order valence-electron chi connectivity index (χ3n) is 5.79. The van der Waals surface area contributed by atoms with Crippen molar-refractivity contribution in [2.24, 2.45) is 5.10 Å². The Labute approximate surface area is 241 Å². The van der Waals surface area contributed by atoms with Crippen LogP contribution in [-0.2, 0) is 17.9 Å². The van der Waals surface area contributed by atoms with E-state index in [0.29, 0.717) is 30.0 Å². The molecule has 41 heavy (non-hydrogen) atoms. The zero-order valence-corrected chi connectivity index (χ0v) is 23.1. The quantitative estimate of drug-likeness (QED) is 0.112. The molecule has 0 bridgehead atoms. The number of hydrogen-bond acceptors (Lipinski definition) is 9. The lowest BCUT2D eigenvalue weighted by Crippen LogP contribution is -2.20. The zero-order chi connectivity index (χ0) is 28.3. The largest absolute Gasteiger partial charge is 0.497 e. The van der Waals surface area contributed by atoms with Gasteiger partial charge in [-0.3, -0.25) is 9.36 Å². The van der Waals surface area contributed by atoms with Gasteiger partial charge in [0.2, 0.25) is 0 Å². The molecule has 0 atom stereocenters. The number of furan rings is 1. The van der Waals surface area contributed by atoms with E-state index < -0.39 is 0 Å². The summed E-state index contributed by atoms with van der Waals surface area (Å²) in [5.74, 6) is 2.11. The summed E-state index contributed by atoms with van der Waals surface area (Å²) in [5.41, 5.74) is 5.38. The fourth-order valence-electron chi connectivity index (χ4n) is 3.77. The predicted molar refractivity (Wildman–Crippen MR) is 158 cm³/mol. The summed E-state index contributed by atoms with van der Waals surface area (Å²) in [5, 5.41) is 16.7. The molecule has 0 fully saturated rings. The number of ether oxygens (including phenoxy) is 2. The van der Waals surface area contributed by atoms with Crippen molar-refractivity contribution in [3.8, 4) is 17.4 Å². The second-order valence-electron chi connectivity index (χ2n) is 8.66. The Morgan fingerprint density at radius 3 is 2.49 bits per heavy atom. The van der Waals surface area contributed by atoms with E-state index in [1.807, 2.05) is 89.5 Å². The van der Waals surface area contributed by atoms with Gasteiger partial charge in [-0.25, -0.2) is 5.43 Å².